The number of methoxy groups -OCH3 is 1. The number of benzene rings is 3. The zero-order chi connectivity index (χ0) is 40.4. The minimum absolute atomic E-state index is 0.00413. The van der Waals surface area contributed by atoms with Crippen molar-refractivity contribution in [1.29, 1.82) is 0 Å². The van der Waals surface area contributed by atoms with Crippen LogP contribution in [-0.2, 0) is 30.4 Å². The Kier molecular flexibility index (Phi) is 18.0. The van der Waals surface area contributed by atoms with Crippen molar-refractivity contribution in [2.45, 2.75) is 91.3 Å². The summed E-state index contributed by atoms with van der Waals surface area (Å²) in [6.45, 7) is 13.8. The van der Waals surface area contributed by atoms with Gasteiger partial charge >= 0.3 is 12.1 Å². The maximum Gasteiger partial charge on any atom is 0.407 e. The van der Waals surface area contributed by atoms with Crippen molar-refractivity contribution in [2.75, 3.05) is 47.0 Å². The minimum Gasteiger partial charge on any atom is -0.496 e. The van der Waals surface area contributed by atoms with Crippen LogP contribution in [0.25, 0.3) is 11.1 Å². The molecule has 3 aromatic carbocycles. The average molecular weight is 761 g/mol. The van der Waals surface area contributed by atoms with Crippen LogP contribution in [0.1, 0.15) is 89.8 Å². The van der Waals surface area contributed by atoms with E-state index in [9.17, 15) is 19.2 Å². The van der Waals surface area contributed by atoms with Gasteiger partial charge in [0.15, 0.2) is 0 Å². The Morgan fingerprint density at radius 2 is 1.51 bits per heavy atom. The maximum atomic E-state index is 13.1. The summed E-state index contributed by atoms with van der Waals surface area (Å²) < 4.78 is 22.6. The number of alkyl carbamates (subject to hydrolysis) is 1. The molecule has 0 heterocycles. The Hall–Kier alpha value is -5.10. The Morgan fingerprint density at radius 3 is 2.13 bits per heavy atom. The zero-order valence-corrected chi connectivity index (χ0v) is 33.8. The first-order valence-electron chi connectivity index (χ1n) is 19.2. The molecule has 1 atom stereocenters. The fourth-order valence-electron chi connectivity index (χ4n) is 6.18. The molecule has 0 unspecified atom stereocenters. The number of esters is 1. The predicted molar refractivity (Wildman–Crippen MR) is 214 cm³/mol. The monoisotopic (exact) mass is 760 g/mol. The number of ether oxygens (including phenoxy) is 4. The number of likely N-dealkylation sites (N-methyl/N-ethyl adjacent to an activating group) is 1. The van der Waals surface area contributed by atoms with E-state index in [-0.39, 0.29) is 37.2 Å². The fourth-order valence-corrected chi connectivity index (χ4v) is 6.18. The Morgan fingerprint density at radius 1 is 0.873 bits per heavy atom. The van der Waals surface area contributed by atoms with Crippen molar-refractivity contribution < 1.29 is 38.1 Å². The summed E-state index contributed by atoms with van der Waals surface area (Å²) in [5.41, 5.74) is 4.56. The molecule has 12 nitrogen and oxygen atoms in total. The zero-order valence-electron chi connectivity index (χ0n) is 33.8. The molecular formula is C43H60N4O8. The lowest BCUT2D eigenvalue weighted by molar-refractivity contribution is -0.157. The highest BCUT2D eigenvalue weighted by molar-refractivity contribution is 5.83. The smallest absolute Gasteiger partial charge is 0.407 e. The van der Waals surface area contributed by atoms with Gasteiger partial charge in [0, 0.05) is 56.6 Å². The summed E-state index contributed by atoms with van der Waals surface area (Å²) in [5.74, 6) is 0.328. The molecule has 0 aromatic heterocycles. The van der Waals surface area contributed by atoms with E-state index in [1.54, 1.807) is 27.9 Å². The number of hydrogen-bond acceptors (Lipinski definition) is 9. The minimum atomic E-state index is -1.07. The third-order valence-corrected chi connectivity index (χ3v) is 8.69. The summed E-state index contributed by atoms with van der Waals surface area (Å²) in [6.07, 6.45) is 0.304. The molecule has 3 aromatic rings. The topological polar surface area (TPSA) is 145 Å². The number of amides is 3. The second-order valence-electron chi connectivity index (χ2n) is 14.1. The summed E-state index contributed by atoms with van der Waals surface area (Å²) in [4.78, 5) is 52.7. The molecule has 3 amide bonds. The molecule has 4 rings (SSSR count). The van der Waals surface area contributed by atoms with Crippen molar-refractivity contribution >= 4 is 23.9 Å². The van der Waals surface area contributed by atoms with Crippen LogP contribution < -0.4 is 25.4 Å². The Balaban J connectivity index is 0.00000399. The van der Waals surface area contributed by atoms with Crippen LogP contribution >= 0.6 is 0 Å². The van der Waals surface area contributed by atoms with Gasteiger partial charge in [0.05, 0.1) is 13.7 Å². The number of nitrogens with one attached hydrogen (secondary N) is 3. The van der Waals surface area contributed by atoms with Gasteiger partial charge in [-0.15, -0.1) is 0 Å². The molecule has 55 heavy (non-hydrogen) atoms. The molecule has 0 spiro atoms. The van der Waals surface area contributed by atoms with Gasteiger partial charge in [-0.1, -0.05) is 68.4 Å². The van der Waals surface area contributed by atoms with E-state index in [1.807, 2.05) is 87.3 Å². The molecule has 0 radical (unpaired) electrons. The number of rotatable bonds is 19. The molecule has 0 saturated heterocycles. The first-order valence-corrected chi connectivity index (χ1v) is 19.2. The van der Waals surface area contributed by atoms with Gasteiger partial charge in [-0.25, -0.2) is 9.59 Å². The van der Waals surface area contributed by atoms with Crippen molar-refractivity contribution in [3.05, 3.63) is 83.4 Å². The van der Waals surface area contributed by atoms with Crippen LogP contribution in [0.5, 0.6) is 11.5 Å². The lowest BCUT2D eigenvalue weighted by Crippen LogP contribution is -2.45. The standard InChI is InChI=1S/C41H54N4O8.C2H6/c1-7-42-37(46)17-12-24-51-29-19-18-28(36(25-29)50-6)26-45(5)23-22-43-38(47)21-20-35(39(48)53-41(2,3)4)44-40(49)52-27-34-32-15-10-8-13-30(32)31-14-9-11-16-33(31)34;1-2/h8-11,13-16,18-19,25,34-35H,7,12,17,20-24,26-27H2,1-6H3,(H,42,46)(H,43,47)(H,44,49);1-2H3/t35-;/m0./s1. The van der Waals surface area contributed by atoms with Gasteiger partial charge in [0.1, 0.15) is 29.7 Å². The van der Waals surface area contributed by atoms with Crippen molar-refractivity contribution in [3.8, 4) is 22.6 Å². The SMILES string of the molecule is CC.CCNC(=O)CCCOc1ccc(CN(C)CCNC(=O)CC[C@H](NC(=O)OCC2c3ccccc3-c3ccccc32)C(=O)OC(C)(C)C)c(OC)c1. The molecular weight excluding hydrogens is 700 g/mol. The quantitative estimate of drug-likeness (QED) is 0.0911. The molecule has 300 valence electrons. The lowest BCUT2D eigenvalue weighted by atomic mass is 9.98. The summed E-state index contributed by atoms with van der Waals surface area (Å²) in [5, 5.41) is 8.32. The van der Waals surface area contributed by atoms with Crippen LogP contribution in [0.2, 0.25) is 0 Å². The van der Waals surface area contributed by atoms with Gasteiger partial charge in [0.25, 0.3) is 0 Å². The van der Waals surface area contributed by atoms with E-state index in [0.717, 1.165) is 27.8 Å². The average Bonchev–Trinajstić information content (AvgIpc) is 3.48. The van der Waals surface area contributed by atoms with Gasteiger partial charge in [0.2, 0.25) is 11.8 Å². The fraction of sp³-hybridized carbons (Fsp3) is 0.488. The van der Waals surface area contributed by atoms with Crippen molar-refractivity contribution in [3.63, 3.8) is 0 Å². The van der Waals surface area contributed by atoms with Gasteiger partial charge in [-0.3, -0.25) is 9.59 Å². The summed E-state index contributed by atoms with van der Waals surface area (Å²) >= 11 is 0. The number of nitrogens with zero attached hydrogens (tertiary/aromatic N) is 1. The van der Waals surface area contributed by atoms with E-state index < -0.39 is 23.7 Å². The molecule has 1 aliphatic rings. The Labute approximate surface area is 326 Å². The molecule has 0 saturated carbocycles. The van der Waals surface area contributed by atoms with Crippen molar-refractivity contribution in [2.24, 2.45) is 0 Å². The summed E-state index contributed by atoms with van der Waals surface area (Å²) in [6, 6.07) is 20.7. The predicted octanol–water partition coefficient (Wildman–Crippen LogP) is 6.59. The number of carbonyl (C=O) groups excluding carboxylic acids is 4. The molecule has 0 bridgehead atoms. The van der Waals surface area contributed by atoms with Gasteiger partial charge in [-0.2, -0.15) is 0 Å². The van der Waals surface area contributed by atoms with Crippen LogP contribution in [0.15, 0.2) is 66.7 Å². The molecule has 3 N–H and O–H groups in total. The summed E-state index contributed by atoms with van der Waals surface area (Å²) in [7, 11) is 3.54. The van der Waals surface area contributed by atoms with Gasteiger partial charge < -0.3 is 39.8 Å². The van der Waals surface area contributed by atoms with Crippen LogP contribution in [0, 0.1) is 0 Å². The van der Waals surface area contributed by atoms with Crippen LogP contribution in [0.4, 0.5) is 4.79 Å². The largest absolute Gasteiger partial charge is 0.496 e. The van der Waals surface area contributed by atoms with Gasteiger partial charge in [-0.05, 0) is 75.9 Å². The highest BCUT2D eigenvalue weighted by Crippen LogP contribution is 2.44. The lowest BCUT2D eigenvalue weighted by Gasteiger charge is -2.24. The second kappa shape index (κ2) is 22.3. The van der Waals surface area contributed by atoms with E-state index in [4.69, 9.17) is 18.9 Å². The van der Waals surface area contributed by atoms with E-state index >= 15 is 0 Å². The van der Waals surface area contributed by atoms with E-state index in [0.29, 0.717) is 57.1 Å². The number of fused-ring (bicyclic) bond motifs is 3. The van der Waals surface area contributed by atoms with E-state index in [2.05, 4.69) is 28.1 Å². The van der Waals surface area contributed by atoms with E-state index in [1.165, 1.54) is 0 Å². The molecule has 1 aliphatic carbocycles. The first-order chi connectivity index (χ1) is 26.4. The Bertz CT molecular complexity index is 1660. The number of carbonyl (C=O) groups is 4. The third-order valence-electron chi connectivity index (χ3n) is 8.69. The maximum absolute atomic E-state index is 13.1. The first kappa shape index (κ1) is 44.3. The van der Waals surface area contributed by atoms with Crippen LogP contribution in [0.3, 0.4) is 0 Å². The van der Waals surface area contributed by atoms with Crippen LogP contribution in [-0.4, -0.2) is 87.4 Å². The third kappa shape index (κ3) is 14.2. The highest BCUT2D eigenvalue weighted by Gasteiger charge is 2.31. The van der Waals surface area contributed by atoms with Crippen molar-refractivity contribution in [1.82, 2.24) is 20.9 Å². The highest BCUT2D eigenvalue weighted by atomic mass is 16.6. The normalized spacial score (nSPS) is 12.3. The second-order valence-corrected chi connectivity index (χ2v) is 14.1. The molecule has 0 aliphatic heterocycles. The number of hydrogen-bond donors (Lipinski definition) is 3. The molecule has 0 fully saturated rings. The molecule has 12 heteroatoms.